The van der Waals surface area contributed by atoms with Gasteiger partial charge in [0.1, 0.15) is 5.00 Å². The van der Waals surface area contributed by atoms with Crippen molar-refractivity contribution in [1.82, 2.24) is 0 Å². The Morgan fingerprint density at radius 3 is 2.26 bits per heavy atom. The summed E-state index contributed by atoms with van der Waals surface area (Å²) in [7, 11) is 0. The number of rotatable bonds is 7. The lowest BCUT2D eigenvalue weighted by Gasteiger charge is -2.07. The molecule has 0 aliphatic rings. The fourth-order valence-corrected chi connectivity index (χ4v) is 4.33. The molecule has 0 unspecified atom stereocenters. The van der Waals surface area contributed by atoms with Crippen molar-refractivity contribution < 1.29 is 23.9 Å². The van der Waals surface area contributed by atoms with Gasteiger partial charge < -0.3 is 14.8 Å². The first kappa shape index (κ1) is 21.1. The van der Waals surface area contributed by atoms with Crippen molar-refractivity contribution >= 4 is 45.5 Å². The van der Waals surface area contributed by atoms with Crippen LogP contribution in [0, 0.1) is 13.8 Å². The first-order valence-electron chi connectivity index (χ1n) is 8.57. The van der Waals surface area contributed by atoms with Crippen molar-refractivity contribution in [3.63, 3.8) is 0 Å². The second kappa shape index (κ2) is 9.14. The minimum Gasteiger partial charge on any atom is -0.462 e. The molecule has 27 heavy (non-hydrogen) atoms. The van der Waals surface area contributed by atoms with Crippen LogP contribution in [0.3, 0.4) is 0 Å². The summed E-state index contributed by atoms with van der Waals surface area (Å²) in [6.07, 6.45) is 0. The van der Waals surface area contributed by atoms with Crippen LogP contribution in [-0.2, 0) is 14.3 Å². The average Bonchev–Trinajstić information content (AvgIpc) is 3.16. The molecule has 0 atom stereocenters. The molecule has 6 nitrogen and oxygen atoms in total. The lowest BCUT2D eigenvalue weighted by atomic mass is 10.1. The molecule has 2 rings (SSSR count). The van der Waals surface area contributed by atoms with Gasteiger partial charge in [0.05, 0.1) is 17.7 Å². The van der Waals surface area contributed by atoms with Crippen LogP contribution in [0.5, 0.6) is 0 Å². The number of thiophene rings is 2. The van der Waals surface area contributed by atoms with Crippen molar-refractivity contribution in [3.8, 4) is 0 Å². The number of carbonyl (C=O) groups excluding carboxylic acids is 3. The molecule has 2 aromatic rings. The number of anilines is 1. The molecule has 2 aromatic heterocycles. The highest BCUT2D eigenvalue weighted by Gasteiger charge is 2.21. The highest BCUT2D eigenvalue weighted by Crippen LogP contribution is 2.33. The summed E-state index contributed by atoms with van der Waals surface area (Å²) in [6.45, 7) is 9.28. The van der Waals surface area contributed by atoms with Crippen LogP contribution in [0.4, 0.5) is 5.00 Å². The quantitative estimate of drug-likeness (QED) is 0.680. The zero-order chi connectivity index (χ0) is 20.1. The number of nitrogens with one attached hydrogen (secondary N) is 1. The zero-order valence-electron chi connectivity index (χ0n) is 16.0. The number of carbonyl (C=O) groups is 3. The molecule has 0 bridgehead atoms. The zero-order valence-corrected chi connectivity index (χ0v) is 17.6. The Hall–Kier alpha value is -2.19. The Labute approximate surface area is 166 Å². The Kier molecular flexibility index (Phi) is 7.15. The van der Waals surface area contributed by atoms with Gasteiger partial charge in [-0.25, -0.2) is 9.59 Å². The van der Waals surface area contributed by atoms with Crippen LogP contribution < -0.4 is 5.32 Å². The standard InChI is InChI=1S/C19H23NO5S2/c1-6-24-19(23)14-8-15(10(2)3)27-17(14)20-16(21)9-25-18(22)13-7-11(4)26-12(13)5/h7-8,10H,6,9H2,1-5H3,(H,20,21). The van der Waals surface area contributed by atoms with Crippen molar-refractivity contribution in [2.75, 3.05) is 18.5 Å². The van der Waals surface area contributed by atoms with Gasteiger partial charge in [0.15, 0.2) is 6.61 Å². The fraction of sp³-hybridized carbons (Fsp3) is 0.421. The maximum absolute atomic E-state index is 12.2. The number of hydrogen-bond donors (Lipinski definition) is 1. The van der Waals surface area contributed by atoms with E-state index in [0.29, 0.717) is 16.1 Å². The maximum Gasteiger partial charge on any atom is 0.341 e. The van der Waals surface area contributed by atoms with Gasteiger partial charge in [-0.2, -0.15) is 0 Å². The van der Waals surface area contributed by atoms with Crippen molar-refractivity contribution in [2.24, 2.45) is 0 Å². The molecule has 0 radical (unpaired) electrons. The average molecular weight is 410 g/mol. The van der Waals surface area contributed by atoms with Crippen LogP contribution >= 0.6 is 22.7 Å². The molecule has 2 heterocycles. The molecular weight excluding hydrogens is 386 g/mol. The monoisotopic (exact) mass is 409 g/mol. The highest BCUT2D eigenvalue weighted by molar-refractivity contribution is 7.16. The van der Waals surface area contributed by atoms with Gasteiger partial charge in [-0.05, 0) is 38.8 Å². The predicted molar refractivity (Wildman–Crippen MR) is 107 cm³/mol. The molecule has 8 heteroatoms. The molecule has 0 saturated carbocycles. The first-order valence-corrected chi connectivity index (χ1v) is 10.2. The summed E-state index contributed by atoms with van der Waals surface area (Å²) < 4.78 is 10.1. The Balaban J connectivity index is 2.05. The second-order valence-corrected chi connectivity index (χ2v) is 8.76. The van der Waals surface area contributed by atoms with E-state index in [1.165, 1.54) is 22.7 Å². The van der Waals surface area contributed by atoms with Crippen molar-refractivity contribution in [2.45, 2.75) is 40.5 Å². The SMILES string of the molecule is CCOC(=O)c1cc(C(C)C)sc1NC(=O)COC(=O)c1cc(C)sc1C. The van der Waals surface area contributed by atoms with Gasteiger partial charge in [-0.15, -0.1) is 22.7 Å². The van der Waals surface area contributed by atoms with Crippen LogP contribution in [0.15, 0.2) is 12.1 Å². The van der Waals surface area contributed by atoms with Gasteiger partial charge in [0.2, 0.25) is 0 Å². The van der Waals surface area contributed by atoms with Crippen molar-refractivity contribution in [3.05, 3.63) is 37.9 Å². The molecule has 0 aliphatic heterocycles. The van der Waals surface area contributed by atoms with Crippen LogP contribution in [0.2, 0.25) is 0 Å². The van der Waals surface area contributed by atoms with E-state index in [9.17, 15) is 14.4 Å². The number of ether oxygens (including phenoxy) is 2. The lowest BCUT2D eigenvalue weighted by molar-refractivity contribution is -0.119. The molecular formula is C19H23NO5S2. The third-order valence-corrected chi connectivity index (χ3v) is 5.98. The Bertz CT molecular complexity index is 850. The summed E-state index contributed by atoms with van der Waals surface area (Å²) in [5.41, 5.74) is 0.783. The fourth-order valence-electron chi connectivity index (χ4n) is 2.35. The van der Waals surface area contributed by atoms with Crippen LogP contribution in [0.1, 0.15) is 62.0 Å². The van der Waals surface area contributed by atoms with Crippen molar-refractivity contribution in [1.29, 1.82) is 0 Å². The summed E-state index contributed by atoms with van der Waals surface area (Å²) in [5.74, 6) is -1.32. The molecule has 1 amide bonds. The second-order valence-electron chi connectivity index (χ2n) is 6.22. The molecule has 1 N–H and O–H groups in total. The number of hydrogen-bond acceptors (Lipinski definition) is 7. The summed E-state index contributed by atoms with van der Waals surface area (Å²) in [5, 5.41) is 3.06. The van der Waals surface area contributed by atoms with Gasteiger partial charge in [0.25, 0.3) is 5.91 Å². The molecule has 0 fully saturated rings. The molecule has 0 saturated heterocycles. The van der Waals surface area contributed by atoms with E-state index in [1.54, 1.807) is 19.1 Å². The predicted octanol–water partition coefficient (Wildman–Crippen LogP) is 4.52. The topological polar surface area (TPSA) is 81.7 Å². The maximum atomic E-state index is 12.2. The Morgan fingerprint density at radius 1 is 1.04 bits per heavy atom. The van der Waals surface area contributed by atoms with Crippen LogP contribution in [0.25, 0.3) is 0 Å². The largest absolute Gasteiger partial charge is 0.462 e. The van der Waals surface area contributed by atoms with E-state index in [-0.39, 0.29) is 12.5 Å². The summed E-state index contributed by atoms with van der Waals surface area (Å²) >= 11 is 2.81. The normalized spacial score (nSPS) is 10.7. The minimum atomic E-state index is -0.535. The molecule has 0 aromatic carbocycles. The lowest BCUT2D eigenvalue weighted by Crippen LogP contribution is -2.21. The smallest absolute Gasteiger partial charge is 0.341 e. The summed E-state index contributed by atoms with van der Waals surface area (Å²) in [6, 6.07) is 3.47. The number of amides is 1. The minimum absolute atomic E-state index is 0.205. The van der Waals surface area contributed by atoms with Crippen LogP contribution in [-0.4, -0.2) is 31.1 Å². The van der Waals surface area contributed by atoms with E-state index in [0.717, 1.165) is 14.6 Å². The van der Waals surface area contributed by atoms with Gasteiger partial charge >= 0.3 is 11.9 Å². The van der Waals surface area contributed by atoms with E-state index in [2.05, 4.69) is 5.32 Å². The third kappa shape index (κ3) is 5.40. The van der Waals surface area contributed by atoms with E-state index in [1.807, 2.05) is 27.7 Å². The van der Waals surface area contributed by atoms with E-state index < -0.39 is 24.5 Å². The Morgan fingerprint density at radius 2 is 1.70 bits per heavy atom. The van der Waals surface area contributed by atoms with Gasteiger partial charge in [0, 0.05) is 14.6 Å². The molecule has 0 aliphatic carbocycles. The van der Waals surface area contributed by atoms with E-state index >= 15 is 0 Å². The molecule has 0 spiro atoms. The highest BCUT2D eigenvalue weighted by atomic mass is 32.1. The number of aryl methyl sites for hydroxylation is 2. The number of esters is 2. The van der Waals surface area contributed by atoms with Gasteiger partial charge in [-0.3, -0.25) is 4.79 Å². The first-order chi connectivity index (χ1) is 12.7. The third-order valence-electron chi connectivity index (χ3n) is 3.66. The summed E-state index contributed by atoms with van der Waals surface area (Å²) in [4.78, 5) is 39.3. The molecule has 146 valence electrons. The van der Waals surface area contributed by atoms with E-state index in [4.69, 9.17) is 9.47 Å². The van der Waals surface area contributed by atoms with Gasteiger partial charge in [-0.1, -0.05) is 13.8 Å².